The summed E-state index contributed by atoms with van der Waals surface area (Å²) >= 11 is 0. The zero-order valence-electron chi connectivity index (χ0n) is 15.4. The lowest BCUT2D eigenvalue weighted by Gasteiger charge is -2.41. The summed E-state index contributed by atoms with van der Waals surface area (Å²) in [5, 5.41) is 6.85. The molecule has 0 spiro atoms. The van der Waals surface area contributed by atoms with Crippen molar-refractivity contribution in [2.45, 2.75) is 37.8 Å². The molecular formula is C19H29FN4O. The van der Waals surface area contributed by atoms with Crippen LogP contribution < -0.4 is 10.6 Å². The molecule has 138 valence electrons. The molecule has 2 unspecified atom stereocenters. The smallest absolute Gasteiger partial charge is 0.191 e. The van der Waals surface area contributed by atoms with E-state index in [1.807, 2.05) is 12.1 Å². The molecule has 1 aromatic carbocycles. The molecule has 1 aliphatic carbocycles. The SMILES string of the molecule is CN=C(NCC(C)(C)N1CCOCC1)NC1CC1c1ccccc1F. The lowest BCUT2D eigenvalue weighted by Crippen LogP contribution is -2.56. The summed E-state index contributed by atoms with van der Waals surface area (Å²) in [5.74, 6) is 0.894. The molecule has 0 bridgehead atoms. The summed E-state index contributed by atoms with van der Waals surface area (Å²) in [7, 11) is 1.78. The van der Waals surface area contributed by atoms with E-state index >= 15 is 0 Å². The molecule has 1 heterocycles. The Balaban J connectivity index is 1.50. The van der Waals surface area contributed by atoms with E-state index < -0.39 is 0 Å². The van der Waals surface area contributed by atoms with Crippen LogP contribution >= 0.6 is 0 Å². The largest absolute Gasteiger partial charge is 0.379 e. The van der Waals surface area contributed by atoms with Gasteiger partial charge >= 0.3 is 0 Å². The van der Waals surface area contributed by atoms with Crippen LogP contribution in [0.15, 0.2) is 29.3 Å². The van der Waals surface area contributed by atoms with E-state index in [1.165, 1.54) is 6.07 Å². The normalized spacial score (nSPS) is 24.9. The first-order valence-corrected chi connectivity index (χ1v) is 9.05. The summed E-state index contributed by atoms with van der Waals surface area (Å²) in [6.45, 7) is 8.77. The van der Waals surface area contributed by atoms with Gasteiger partial charge in [0.25, 0.3) is 0 Å². The van der Waals surface area contributed by atoms with Gasteiger partial charge in [-0.15, -0.1) is 0 Å². The third kappa shape index (κ3) is 4.50. The van der Waals surface area contributed by atoms with Crippen molar-refractivity contribution in [3.05, 3.63) is 35.6 Å². The van der Waals surface area contributed by atoms with Crippen LogP contribution in [0.5, 0.6) is 0 Å². The maximum Gasteiger partial charge on any atom is 0.191 e. The molecule has 2 N–H and O–H groups in total. The second kappa shape index (κ2) is 7.70. The van der Waals surface area contributed by atoms with Gasteiger partial charge in [0.05, 0.1) is 13.2 Å². The molecular weight excluding hydrogens is 319 g/mol. The highest BCUT2D eigenvalue weighted by molar-refractivity contribution is 5.80. The van der Waals surface area contributed by atoms with Crippen LogP contribution in [-0.2, 0) is 4.74 Å². The second-order valence-corrected chi connectivity index (χ2v) is 7.45. The Morgan fingerprint density at radius 2 is 2.04 bits per heavy atom. The molecule has 6 heteroatoms. The Morgan fingerprint density at radius 1 is 1.32 bits per heavy atom. The van der Waals surface area contributed by atoms with Gasteiger partial charge in [0.15, 0.2) is 5.96 Å². The molecule has 0 radical (unpaired) electrons. The highest BCUT2D eigenvalue weighted by Gasteiger charge is 2.40. The maximum atomic E-state index is 13.9. The van der Waals surface area contributed by atoms with Crippen molar-refractivity contribution in [1.82, 2.24) is 15.5 Å². The average Bonchev–Trinajstić information content (AvgIpc) is 3.38. The summed E-state index contributed by atoms with van der Waals surface area (Å²) in [4.78, 5) is 6.76. The first-order valence-electron chi connectivity index (χ1n) is 9.05. The number of aliphatic imine (C=N–C) groups is 1. The first-order chi connectivity index (χ1) is 12.0. The van der Waals surface area contributed by atoms with Gasteiger partial charge in [-0.2, -0.15) is 0 Å². The molecule has 2 atom stereocenters. The number of nitrogens with one attached hydrogen (secondary N) is 2. The van der Waals surface area contributed by atoms with Gasteiger partial charge in [0, 0.05) is 44.2 Å². The summed E-state index contributed by atoms with van der Waals surface area (Å²) in [5.41, 5.74) is 0.819. The van der Waals surface area contributed by atoms with Crippen molar-refractivity contribution in [1.29, 1.82) is 0 Å². The summed E-state index contributed by atoms with van der Waals surface area (Å²) in [6, 6.07) is 7.28. The van der Waals surface area contributed by atoms with Crippen LogP contribution in [0.2, 0.25) is 0 Å². The number of hydrogen-bond acceptors (Lipinski definition) is 3. The van der Waals surface area contributed by atoms with Crippen LogP contribution in [0.25, 0.3) is 0 Å². The van der Waals surface area contributed by atoms with Gasteiger partial charge in [-0.05, 0) is 31.9 Å². The van der Waals surface area contributed by atoms with Crippen LogP contribution in [-0.4, -0.2) is 62.3 Å². The minimum atomic E-state index is -0.117. The van der Waals surface area contributed by atoms with Crippen molar-refractivity contribution in [2.75, 3.05) is 39.9 Å². The molecule has 1 saturated carbocycles. The Bertz CT molecular complexity index is 613. The number of benzene rings is 1. The van der Waals surface area contributed by atoms with Crippen molar-refractivity contribution in [2.24, 2.45) is 4.99 Å². The molecule has 5 nitrogen and oxygen atoms in total. The van der Waals surface area contributed by atoms with Gasteiger partial charge < -0.3 is 15.4 Å². The fourth-order valence-electron chi connectivity index (χ4n) is 3.42. The third-order valence-electron chi connectivity index (χ3n) is 5.20. The van der Waals surface area contributed by atoms with E-state index in [0.29, 0.717) is 0 Å². The number of rotatable bonds is 5. The van der Waals surface area contributed by atoms with E-state index in [2.05, 4.69) is 34.4 Å². The fraction of sp³-hybridized carbons (Fsp3) is 0.632. The minimum absolute atomic E-state index is 0.0237. The van der Waals surface area contributed by atoms with Gasteiger partial charge in [-0.1, -0.05) is 18.2 Å². The van der Waals surface area contributed by atoms with Crippen molar-refractivity contribution in [3.63, 3.8) is 0 Å². The molecule has 2 aliphatic rings. The van der Waals surface area contributed by atoms with Crippen LogP contribution in [0.3, 0.4) is 0 Å². The Kier molecular flexibility index (Phi) is 5.59. The zero-order valence-corrected chi connectivity index (χ0v) is 15.4. The summed E-state index contributed by atoms with van der Waals surface area (Å²) in [6.07, 6.45) is 0.939. The van der Waals surface area contributed by atoms with E-state index in [1.54, 1.807) is 13.1 Å². The van der Waals surface area contributed by atoms with Crippen LogP contribution in [0.4, 0.5) is 4.39 Å². The Labute approximate surface area is 149 Å². The van der Waals surface area contributed by atoms with E-state index in [0.717, 1.165) is 50.8 Å². The zero-order chi connectivity index (χ0) is 17.9. The van der Waals surface area contributed by atoms with Gasteiger partial charge in [-0.25, -0.2) is 4.39 Å². The minimum Gasteiger partial charge on any atom is -0.379 e. The van der Waals surface area contributed by atoms with Crippen LogP contribution in [0.1, 0.15) is 31.7 Å². The molecule has 25 heavy (non-hydrogen) atoms. The fourth-order valence-corrected chi connectivity index (χ4v) is 3.42. The number of halogens is 1. The van der Waals surface area contributed by atoms with Crippen molar-refractivity contribution < 1.29 is 9.13 Å². The number of nitrogens with zero attached hydrogens (tertiary/aromatic N) is 2. The highest BCUT2D eigenvalue weighted by atomic mass is 19.1. The van der Waals surface area contributed by atoms with Crippen LogP contribution in [0, 0.1) is 5.82 Å². The second-order valence-electron chi connectivity index (χ2n) is 7.45. The lowest BCUT2D eigenvalue weighted by atomic mass is 10.0. The van der Waals surface area contributed by atoms with E-state index in [4.69, 9.17) is 4.74 Å². The van der Waals surface area contributed by atoms with Gasteiger partial charge in [0.1, 0.15) is 5.82 Å². The number of morpholine rings is 1. The van der Waals surface area contributed by atoms with Gasteiger partial charge in [0.2, 0.25) is 0 Å². The Hall–Kier alpha value is -1.66. The molecule has 3 rings (SSSR count). The maximum absolute atomic E-state index is 13.9. The third-order valence-corrected chi connectivity index (χ3v) is 5.20. The standard InChI is InChI=1S/C19H29FN4O/c1-19(2,24-8-10-25-11-9-24)13-22-18(21-3)23-17-12-15(17)14-6-4-5-7-16(14)20/h4-7,15,17H,8-13H2,1-3H3,(H2,21,22,23). The van der Waals surface area contributed by atoms with Crippen molar-refractivity contribution in [3.8, 4) is 0 Å². The van der Waals surface area contributed by atoms with Gasteiger partial charge in [-0.3, -0.25) is 9.89 Å². The predicted molar refractivity (Wildman–Crippen MR) is 98.5 cm³/mol. The van der Waals surface area contributed by atoms with E-state index in [9.17, 15) is 4.39 Å². The monoisotopic (exact) mass is 348 g/mol. The quantitative estimate of drug-likeness (QED) is 0.631. The number of hydrogen-bond donors (Lipinski definition) is 2. The molecule has 2 fully saturated rings. The first kappa shape index (κ1) is 18.1. The molecule has 1 aromatic rings. The topological polar surface area (TPSA) is 48.9 Å². The highest BCUT2D eigenvalue weighted by Crippen LogP contribution is 2.41. The molecule has 0 aromatic heterocycles. The predicted octanol–water partition coefficient (Wildman–Crippen LogP) is 1.96. The average molecular weight is 348 g/mol. The van der Waals surface area contributed by atoms with Crippen molar-refractivity contribution >= 4 is 5.96 Å². The molecule has 1 aliphatic heterocycles. The number of ether oxygens (including phenoxy) is 1. The molecule has 1 saturated heterocycles. The Morgan fingerprint density at radius 3 is 2.72 bits per heavy atom. The summed E-state index contributed by atoms with van der Waals surface area (Å²) < 4.78 is 19.3. The van der Waals surface area contributed by atoms with E-state index in [-0.39, 0.29) is 23.3 Å². The molecule has 0 amide bonds. The number of guanidine groups is 1. The lowest BCUT2D eigenvalue weighted by molar-refractivity contribution is -0.00834.